The van der Waals surface area contributed by atoms with Crippen LogP contribution in [0, 0.1) is 0 Å². The lowest BCUT2D eigenvalue weighted by atomic mass is 9.92. The van der Waals surface area contributed by atoms with Crippen LogP contribution in [0.5, 0.6) is 11.5 Å². The number of hydrogen-bond acceptors (Lipinski definition) is 7. The number of likely N-dealkylation sites (N-methyl/N-ethyl adjacent to an activating group) is 1. The van der Waals surface area contributed by atoms with Crippen LogP contribution in [0.4, 0.5) is 5.69 Å². The van der Waals surface area contributed by atoms with Gasteiger partial charge in [-0.2, -0.15) is 0 Å². The first-order chi connectivity index (χ1) is 17.0. The van der Waals surface area contributed by atoms with E-state index in [9.17, 15) is 4.79 Å². The second-order valence-electron chi connectivity index (χ2n) is 8.66. The lowest BCUT2D eigenvalue weighted by Crippen LogP contribution is -2.28. The molecule has 1 aliphatic rings. The van der Waals surface area contributed by atoms with Crippen LogP contribution in [0.1, 0.15) is 26.5 Å². The second-order valence-corrected chi connectivity index (χ2v) is 9.66. The first kappa shape index (κ1) is 23.1. The topological polar surface area (TPSA) is 89.7 Å². The van der Waals surface area contributed by atoms with Gasteiger partial charge in [-0.05, 0) is 35.9 Å². The fourth-order valence-corrected chi connectivity index (χ4v) is 5.64. The van der Waals surface area contributed by atoms with Crippen molar-refractivity contribution in [2.24, 2.45) is 0 Å². The number of carbonyl (C=O) groups excluding carboxylic acids is 1. The van der Waals surface area contributed by atoms with E-state index in [1.165, 1.54) is 11.3 Å². The highest BCUT2D eigenvalue weighted by Gasteiger charge is 2.27. The molecule has 35 heavy (non-hydrogen) atoms. The van der Waals surface area contributed by atoms with E-state index in [1.807, 2.05) is 48.5 Å². The van der Waals surface area contributed by atoms with Crippen LogP contribution in [0.25, 0.3) is 21.3 Å². The molecule has 0 atom stereocenters. The van der Waals surface area contributed by atoms with E-state index in [4.69, 9.17) is 20.2 Å². The number of amides is 1. The maximum absolute atomic E-state index is 13.2. The van der Waals surface area contributed by atoms with Gasteiger partial charge in [0.15, 0.2) is 11.5 Å². The summed E-state index contributed by atoms with van der Waals surface area (Å²) in [6, 6.07) is 15.7. The fourth-order valence-electron chi connectivity index (χ4n) is 4.60. The molecule has 0 fully saturated rings. The fraction of sp³-hybridized carbons (Fsp3) is 0.259. The van der Waals surface area contributed by atoms with Crippen molar-refractivity contribution in [1.29, 1.82) is 0 Å². The number of nitrogens with zero attached hydrogens (tertiary/aromatic N) is 2. The maximum Gasteiger partial charge on any atom is 0.263 e. The average molecular weight is 489 g/mol. The summed E-state index contributed by atoms with van der Waals surface area (Å²) in [6.07, 6.45) is 0.843. The lowest BCUT2D eigenvalue weighted by molar-refractivity contribution is 0.0956. The van der Waals surface area contributed by atoms with E-state index >= 15 is 0 Å². The Morgan fingerprint density at radius 2 is 1.91 bits per heavy atom. The molecule has 180 valence electrons. The van der Waals surface area contributed by atoms with Crippen LogP contribution in [0.15, 0.2) is 48.5 Å². The molecule has 0 saturated carbocycles. The minimum Gasteiger partial charge on any atom is -0.493 e. The molecule has 0 unspecified atom stereocenters. The number of ether oxygens (including phenoxy) is 2. The molecule has 2 aromatic heterocycles. The Hall–Kier alpha value is -3.62. The van der Waals surface area contributed by atoms with Crippen molar-refractivity contribution in [3.63, 3.8) is 0 Å². The number of fused-ring (bicyclic) bond motifs is 2. The monoisotopic (exact) mass is 488 g/mol. The number of aromatic nitrogens is 1. The number of methoxy groups -OCH3 is 2. The highest BCUT2D eigenvalue weighted by atomic mass is 32.1. The Labute approximate surface area is 208 Å². The van der Waals surface area contributed by atoms with E-state index in [0.717, 1.165) is 57.7 Å². The molecule has 0 saturated heterocycles. The van der Waals surface area contributed by atoms with Gasteiger partial charge >= 0.3 is 0 Å². The number of pyridine rings is 1. The van der Waals surface area contributed by atoms with Crippen molar-refractivity contribution in [3.8, 4) is 22.6 Å². The zero-order valence-electron chi connectivity index (χ0n) is 20.1. The number of hydrogen-bond donors (Lipinski definition) is 2. The predicted molar refractivity (Wildman–Crippen MR) is 140 cm³/mol. The minimum atomic E-state index is -0.192. The summed E-state index contributed by atoms with van der Waals surface area (Å²) in [6.45, 7) is 2.12. The predicted octanol–water partition coefficient (Wildman–Crippen LogP) is 4.48. The number of nitrogens with two attached hydrogens (primary N) is 1. The van der Waals surface area contributed by atoms with Gasteiger partial charge < -0.3 is 25.4 Å². The number of benzene rings is 2. The second kappa shape index (κ2) is 9.56. The number of nitrogens with one attached hydrogen (secondary N) is 1. The van der Waals surface area contributed by atoms with Crippen LogP contribution >= 0.6 is 11.3 Å². The molecule has 7 nitrogen and oxygen atoms in total. The zero-order valence-corrected chi connectivity index (χ0v) is 20.9. The molecule has 8 heteroatoms. The summed E-state index contributed by atoms with van der Waals surface area (Å²) in [4.78, 5) is 21.7. The maximum atomic E-state index is 13.2. The number of rotatable bonds is 6. The Morgan fingerprint density at radius 1 is 1.14 bits per heavy atom. The summed E-state index contributed by atoms with van der Waals surface area (Å²) in [5.74, 6) is 1.11. The number of carbonyl (C=O) groups is 1. The summed E-state index contributed by atoms with van der Waals surface area (Å²) in [5, 5.41) is 3.83. The van der Waals surface area contributed by atoms with Crippen molar-refractivity contribution >= 4 is 33.1 Å². The third kappa shape index (κ3) is 4.31. The Bertz CT molecular complexity index is 1400. The molecule has 3 N–H and O–H groups in total. The molecule has 0 radical (unpaired) electrons. The zero-order chi connectivity index (χ0) is 24.5. The van der Waals surface area contributed by atoms with Gasteiger partial charge in [0.1, 0.15) is 9.71 Å². The van der Waals surface area contributed by atoms with Gasteiger partial charge in [-0.3, -0.25) is 4.79 Å². The van der Waals surface area contributed by atoms with Crippen molar-refractivity contribution in [2.45, 2.75) is 19.5 Å². The first-order valence-electron chi connectivity index (χ1n) is 11.5. The summed E-state index contributed by atoms with van der Waals surface area (Å²) in [5.41, 5.74) is 12.3. The first-order valence-corrected chi connectivity index (χ1v) is 12.3. The van der Waals surface area contributed by atoms with Gasteiger partial charge in [-0.15, -0.1) is 11.3 Å². The molecule has 0 spiro atoms. The standard InChI is InChI=1S/C27H28N4O3S/c1-31-12-11-19-18(15-31)22(17-9-10-20(33-2)21(13-17)34-3)23-24(28)25(35-27(23)30-19)26(32)29-14-16-7-5-4-6-8-16/h4-10,13H,11-12,14-15,28H2,1-3H3,(H,29,32). The molecule has 2 aromatic carbocycles. The van der Waals surface area contributed by atoms with Crippen molar-refractivity contribution in [1.82, 2.24) is 15.2 Å². The molecule has 1 amide bonds. The van der Waals surface area contributed by atoms with E-state index in [0.29, 0.717) is 28.6 Å². The number of anilines is 1. The van der Waals surface area contributed by atoms with Crippen molar-refractivity contribution < 1.29 is 14.3 Å². The smallest absolute Gasteiger partial charge is 0.263 e. The molecular formula is C27H28N4O3S. The quantitative estimate of drug-likeness (QED) is 0.416. The number of nitrogen functional groups attached to an aromatic ring is 1. The average Bonchev–Trinajstić information content (AvgIpc) is 3.22. The van der Waals surface area contributed by atoms with Gasteiger partial charge in [0, 0.05) is 42.7 Å². The SMILES string of the molecule is COc1ccc(-c2c3c(nc4sc(C(=O)NCc5ccccc5)c(N)c24)CCN(C)C3)cc1OC. The minimum absolute atomic E-state index is 0.192. The Balaban J connectivity index is 1.64. The molecule has 4 aromatic rings. The molecule has 0 aliphatic carbocycles. The molecule has 3 heterocycles. The summed E-state index contributed by atoms with van der Waals surface area (Å²) >= 11 is 1.35. The van der Waals surface area contributed by atoms with Crippen molar-refractivity contribution in [2.75, 3.05) is 33.5 Å². The van der Waals surface area contributed by atoms with Crippen LogP contribution in [0.2, 0.25) is 0 Å². The molecule has 0 bridgehead atoms. The Morgan fingerprint density at radius 3 is 2.66 bits per heavy atom. The number of thiophene rings is 1. The van der Waals surface area contributed by atoms with Gasteiger partial charge in [0.05, 0.1) is 19.9 Å². The van der Waals surface area contributed by atoms with Crippen LogP contribution in [-0.2, 0) is 19.5 Å². The summed E-state index contributed by atoms with van der Waals surface area (Å²) < 4.78 is 11.0. The molecule has 1 aliphatic heterocycles. The largest absolute Gasteiger partial charge is 0.493 e. The van der Waals surface area contributed by atoms with Gasteiger partial charge in [-0.25, -0.2) is 4.98 Å². The normalized spacial score (nSPS) is 13.5. The third-order valence-corrected chi connectivity index (χ3v) is 7.49. The van der Waals surface area contributed by atoms with Crippen molar-refractivity contribution in [3.05, 3.63) is 70.2 Å². The van der Waals surface area contributed by atoms with E-state index in [1.54, 1.807) is 14.2 Å². The Kier molecular flexibility index (Phi) is 6.32. The van der Waals surface area contributed by atoms with Gasteiger partial charge in [0.25, 0.3) is 5.91 Å². The lowest BCUT2D eigenvalue weighted by Gasteiger charge is -2.27. The summed E-state index contributed by atoms with van der Waals surface area (Å²) in [7, 11) is 5.35. The highest BCUT2D eigenvalue weighted by Crippen LogP contribution is 2.45. The third-order valence-electron chi connectivity index (χ3n) is 6.40. The van der Waals surface area contributed by atoms with Crippen LogP contribution in [-0.4, -0.2) is 43.6 Å². The van der Waals surface area contributed by atoms with E-state index < -0.39 is 0 Å². The molecule has 5 rings (SSSR count). The highest BCUT2D eigenvalue weighted by molar-refractivity contribution is 7.21. The van der Waals surface area contributed by atoms with Crippen LogP contribution < -0.4 is 20.5 Å². The van der Waals surface area contributed by atoms with Gasteiger partial charge in [-0.1, -0.05) is 36.4 Å². The van der Waals surface area contributed by atoms with Gasteiger partial charge in [0.2, 0.25) is 0 Å². The van der Waals surface area contributed by atoms with E-state index in [-0.39, 0.29) is 5.91 Å². The van der Waals surface area contributed by atoms with Crippen LogP contribution in [0.3, 0.4) is 0 Å². The van der Waals surface area contributed by atoms with E-state index in [2.05, 4.69) is 17.3 Å². The molecular weight excluding hydrogens is 460 g/mol.